The van der Waals surface area contributed by atoms with Gasteiger partial charge in [0.05, 0.1) is 0 Å². The van der Waals surface area contributed by atoms with Gasteiger partial charge < -0.3 is 4.42 Å². The van der Waals surface area contributed by atoms with E-state index < -0.39 is 0 Å². The summed E-state index contributed by atoms with van der Waals surface area (Å²) in [4.78, 5) is 5.21. The first kappa shape index (κ1) is 7.68. The van der Waals surface area contributed by atoms with Gasteiger partial charge in [0, 0.05) is 11.8 Å². The van der Waals surface area contributed by atoms with Crippen molar-refractivity contribution in [1.82, 2.24) is 4.98 Å². The molecule has 2 rings (SSSR count). The number of thiol groups is 1. The molecule has 0 aliphatic rings. The lowest BCUT2D eigenvalue weighted by Crippen LogP contribution is -1.78. The summed E-state index contributed by atoms with van der Waals surface area (Å²) >= 11 is 4.30. The predicted molar refractivity (Wildman–Crippen MR) is 50.7 cm³/mol. The highest BCUT2D eigenvalue weighted by Crippen LogP contribution is 2.23. The molecular weight excluding hydrogens is 170 g/mol. The Hall–Kier alpha value is -0.960. The second kappa shape index (κ2) is 2.52. The molecule has 0 unspecified atom stereocenters. The summed E-state index contributed by atoms with van der Waals surface area (Å²) < 4.78 is 5.36. The number of oxazole rings is 1. The van der Waals surface area contributed by atoms with Crippen molar-refractivity contribution in [3.63, 3.8) is 0 Å². The molecule has 0 spiro atoms. The van der Waals surface area contributed by atoms with Gasteiger partial charge in [-0.3, -0.25) is 0 Å². The minimum Gasteiger partial charge on any atom is -0.441 e. The second-order valence-electron chi connectivity index (χ2n) is 2.79. The van der Waals surface area contributed by atoms with Crippen LogP contribution in [0.25, 0.3) is 11.1 Å². The molecule has 0 fully saturated rings. The van der Waals surface area contributed by atoms with E-state index in [-0.39, 0.29) is 0 Å². The summed E-state index contributed by atoms with van der Waals surface area (Å²) in [6.45, 7) is 3.84. The van der Waals surface area contributed by atoms with Gasteiger partial charge in [0.2, 0.25) is 0 Å². The van der Waals surface area contributed by atoms with Crippen LogP contribution in [0.5, 0.6) is 0 Å². The van der Waals surface area contributed by atoms with Crippen LogP contribution in [0.1, 0.15) is 11.5 Å². The maximum absolute atomic E-state index is 5.36. The van der Waals surface area contributed by atoms with Gasteiger partial charge in [-0.1, -0.05) is 0 Å². The third-order valence-electron chi connectivity index (χ3n) is 1.89. The van der Waals surface area contributed by atoms with Crippen molar-refractivity contribution in [2.24, 2.45) is 0 Å². The van der Waals surface area contributed by atoms with Gasteiger partial charge >= 0.3 is 0 Å². The van der Waals surface area contributed by atoms with E-state index in [1.807, 2.05) is 26.0 Å². The lowest BCUT2D eigenvalue weighted by atomic mass is 10.2. The Kier molecular flexibility index (Phi) is 1.61. The molecule has 0 atom stereocenters. The molecule has 3 heteroatoms. The van der Waals surface area contributed by atoms with Crippen LogP contribution in [-0.4, -0.2) is 4.98 Å². The van der Waals surface area contributed by atoms with Crippen molar-refractivity contribution in [3.8, 4) is 0 Å². The zero-order chi connectivity index (χ0) is 8.72. The summed E-state index contributed by atoms with van der Waals surface area (Å²) in [7, 11) is 0. The van der Waals surface area contributed by atoms with E-state index in [1.54, 1.807) is 0 Å². The first-order chi connectivity index (χ1) is 5.68. The quantitative estimate of drug-likeness (QED) is 0.629. The van der Waals surface area contributed by atoms with Gasteiger partial charge in [-0.15, -0.1) is 12.6 Å². The van der Waals surface area contributed by atoms with Crippen LogP contribution in [0.3, 0.4) is 0 Å². The fourth-order valence-corrected chi connectivity index (χ4v) is 1.41. The van der Waals surface area contributed by atoms with Gasteiger partial charge in [-0.2, -0.15) is 0 Å². The van der Waals surface area contributed by atoms with E-state index >= 15 is 0 Å². The largest absolute Gasteiger partial charge is 0.441 e. The Morgan fingerprint density at radius 1 is 1.33 bits per heavy atom. The number of hydrogen-bond donors (Lipinski definition) is 1. The van der Waals surface area contributed by atoms with Crippen molar-refractivity contribution in [1.29, 1.82) is 0 Å². The van der Waals surface area contributed by atoms with E-state index in [0.717, 1.165) is 21.6 Å². The monoisotopic (exact) mass is 179 g/mol. The summed E-state index contributed by atoms with van der Waals surface area (Å²) in [6, 6.07) is 3.82. The highest BCUT2D eigenvalue weighted by Gasteiger charge is 2.06. The van der Waals surface area contributed by atoms with E-state index in [2.05, 4.69) is 17.6 Å². The Bertz CT molecular complexity index is 433. The van der Waals surface area contributed by atoms with Gasteiger partial charge in [0.1, 0.15) is 5.52 Å². The molecule has 12 heavy (non-hydrogen) atoms. The van der Waals surface area contributed by atoms with E-state index in [0.29, 0.717) is 5.89 Å². The second-order valence-corrected chi connectivity index (χ2v) is 3.27. The average molecular weight is 179 g/mol. The molecule has 0 aliphatic heterocycles. The third kappa shape index (κ3) is 1.01. The Morgan fingerprint density at radius 3 is 2.83 bits per heavy atom. The number of aryl methyl sites for hydroxylation is 2. The first-order valence-electron chi connectivity index (χ1n) is 3.74. The van der Waals surface area contributed by atoms with Gasteiger partial charge in [0.25, 0.3) is 0 Å². The van der Waals surface area contributed by atoms with E-state index in [9.17, 15) is 0 Å². The smallest absolute Gasteiger partial charge is 0.192 e. The van der Waals surface area contributed by atoms with Crippen LogP contribution >= 0.6 is 12.6 Å². The number of benzene rings is 1. The van der Waals surface area contributed by atoms with Crippen LogP contribution in [0, 0.1) is 13.8 Å². The molecule has 2 aromatic rings. The van der Waals surface area contributed by atoms with E-state index in [1.165, 1.54) is 0 Å². The third-order valence-corrected chi connectivity index (χ3v) is 2.38. The number of aromatic nitrogens is 1. The number of rotatable bonds is 0. The van der Waals surface area contributed by atoms with Crippen LogP contribution in [0.4, 0.5) is 0 Å². The molecule has 0 N–H and O–H groups in total. The predicted octanol–water partition coefficient (Wildman–Crippen LogP) is 2.73. The van der Waals surface area contributed by atoms with Gasteiger partial charge in [-0.05, 0) is 24.6 Å². The molecule has 1 aromatic carbocycles. The number of fused-ring (bicyclic) bond motifs is 1. The molecular formula is C9H9NOS. The zero-order valence-corrected chi connectivity index (χ0v) is 7.85. The standard InChI is InChI=1S/C9H9NOS/c1-5-8(12)4-3-7-9(5)10-6(2)11-7/h3-4,12H,1-2H3. The normalized spacial score (nSPS) is 10.9. The minimum absolute atomic E-state index is 0.701. The van der Waals surface area contributed by atoms with Crippen molar-refractivity contribution in [2.45, 2.75) is 18.7 Å². The zero-order valence-electron chi connectivity index (χ0n) is 6.96. The Labute approximate surface area is 76.0 Å². The number of hydrogen-bond acceptors (Lipinski definition) is 3. The summed E-state index contributed by atoms with van der Waals surface area (Å²) in [5, 5.41) is 0. The first-order valence-corrected chi connectivity index (χ1v) is 4.19. The molecule has 2 nitrogen and oxygen atoms in total. The van der Waals surface area contributed by atoms with Crippen molar-refractivity contribution < 1.29 is 4.42 Å². The molecule has 0 bridgehead atoms. The van der Waals surface area contributed by atoms with E-state index in [4.69, 9.17) is 4.42 Å². The fraction of sp³-hybridized carbons (Fsp3) is 0.222. The fourth-order valence-electron chi connectivity index (χ4n) is 1.23. The molecule has 0 amide bonds. The summed E-state index contributed by atoms with van der Waals surface area (Å²) in [5.41, 5.74) is 2.83. The summed E-state index contributed by atoms with van der Waals surface area (Å²) in [5.74, 6) is 0.701. The molecule has 1 heterocycles. The SMILES string of the molecule is Cc1nc2c(C)c(S)ccc2o1. The average Bonchev–Trinajstić information content (AvgIpc) is 2.39. The Balaban J connectivity index is 2.89. The molecule has 1 aromatic heterocycles. The topological polar surface area (TPSA) is 26.0 Å². The van der Waals surface area contributed by atoms with Gasteiger partial charge in [0.15, 0.2) is 11.5 Å². The minimum atomic E-state index is 0.701. The lowest BCUT2D eigenvalue weighted by Gasteiger charge is -1.95. The van der Waals surface area contributed by atoms with Gasteiger partial charge in [-0.25, -0.2) is 4.98 Å². The summed E-state index contributed by atoms with van der Waals surface area (Å²) in [6.07, 6.45) is 0. The maximum atomic E-state index is 5.36. The molecule has 62 valence electrons. The van der Waals surface area contributed by atoms with Crippen LogP contribution in [0.2, 0.25) is 0 Å². The van der Waals surface area contributed by atoms with Crippen molar-refractivity contribution in [2.75, 3.05) is 0 Å². The lowest BCUT2D eigenvalue weighted by molar-refractivity contribution is 0.561. The van der Waals surface area contributed by atoms with Crippen LogP contribution in [0.15, 0.2) is 21.4 Å². The highest BCUT2D eigenvalue weighted by atomic mass is 32.1. The molecule has 0 saturated heterocycles. The van der Waals surface area contributed by atoms with Crippen LogP contribution in [-0.2, 0) is 0 Å². The maximum Gasteiger partial charge on any atom is 0.192 e. The number of nitrogens with zero attached hydrogens (tertiary/aromatic N) is 1. The molecule has 0 saturated carbocycles. The van der Waals surface area contributed by atoms with Crippen molar-refractivity contribution >= 4 is 23.7 Å². The molecule has 0 aliphatic carbocycles. The van der Waals surface area contributed by atoms with Crippen LogP contribution < -0.4 is 0 Å². The Morgan fingerprint density at radius 2 is 2.08 bits per heavy atom. The highest BCUT2D eigenvalue weighted by molar-refractivity contribution is 7.80. The van der Waals surface area contributed by atoms with Crippen molar-refractivity contribution in [3.05, 3.63) is 23.6 Å². The molecule has 0 radical (unpaired) electrons.